The van der Waals surface area contributed by atoms with Gasteiger partial charge in [0.25, 0.3) is 11.6 Å². The molecule has 0 fully saturated rings. The minimum absolute atomic E-state index is 0.150. The Morgan fingerprint density at radius 1 is 1.19 bits per heavy atom. The van der Waals surface area contributed by atoms with Crippen molar-refractivity contribution in [2.24, 2.45) is 0 Å². The van der Waals surface area contributed by atoms with Gasteiger partial charge in [-0.2, -0.15) is 0 Å². The Bertz CT molecular complexity index is 856. The molecule has 2 aromatic carbocycles. The number of hydrogen-bond acceptors (Lipinski definition) is 6. The highest BCUT2D eigenvalue weighted by atomic mass is 35.5. The summed E-state index contributed by atoms with van der Waals surface area (Å²) in [6.07, 6.45) is 0. The average Bonchev–Trinajstić information content (AvgIpc) is 2.64. The maximum absolute atomic E-state index is 12.7. The zero-order valence-electron chi connectivity index (χ0n) is 15.1. The van der Waals surface area contributed by atoms with Gasteiger partial charge in [0.05, 0.1) is 24.7 Å². The molecular formula is C18H19ClN2O6. The molecule has 144 valence electrons. The van der Waals surface area contributed by atoms with Crippen molar-refractivity contribution in [3.63, 3.8) is 0 Å². The summed E-state index contributed by atoms with van der Waals surface area (Å²) in [5.74, 6) is -0.310. The monoisotopic (exact) mass is 394 g/mol. The first-order valence-electron chi connectivity index (χ1n) is 7.93. The van der Waals surface area contributed by atoms with Crippen LogP contribution in [0, 0.1) is 17.0 Å². The third-order valence-electron chi connectivity index (χ3n) is 3.72. The number of carbonyl (C=O) groups is 1. The molecule has 0 atom stereocenters. The van der Waals surface area contributed by atoms with E-state index in [2.05, 4.69) is 5.32 Å². The van der Waals surface area contributed by atoms with E-state index in [-0.39, 0.29) is 23.7 Å². The summed E-state index contributed by atoms with van der Waals surface area (Å²) in [6.45, 7) is 2.26. The fourth-order valence-electron chi connectivity index (χ4n) is 2.31. The van der Waals surface area contributed by atoms with Gasteiger partial charge in [0.1, 0.15) is 12.2 Å². The summed E-state index contributed by atoms with van der Waals surface area (Å²) in [5, 5.41) is 14.5. The largest absolute Gasteiger partial charge is 0.493 e. The molecule has 0 spiro atoms. The third kappa shape index (κ3) is 5.08. The van der Waals surface area contributed by atoms with Crippen molar-refractivity contribution >= 4 is 28.9 Å². The van der Waals surface area contributed by atoms with Crippen LogP contribution < -0.4 is 14.8 Å². The molecule has 0 radical (unpaired) electrons. The summed E-state index contributed by atoms with van der Waals surface area (Å²) in [7, 11) is 2.89. The average molecular weight is 395 g/mol. The fraction of sp³-hybridized carbons (Fsp3) is 0.278. The van der Waals surface area contributed by atoms with Crippen LogP contribution in [-0.4, -0.2) is 38.3 Å². The first kappa shape index (κ1) is 20.5. The number of carbonyl (C=O) groups excluding carboxylic acids is 1. The van der Waals surface area contributed by atoms with Gasteiger partial charge in [0, 0.05) is 23.9 Å². The highest BCUT2D eigenvalue weighted by Gasteiger charge is 2.25. The van der Waals surface area contributed by atoms with E-state index in [1.807, 2.05) is 0 Å². The Morgan fingerprint density at radius 2 is 1.93 bits per heavy atom. The zero-order valence-corrected chi connectivity index (χ0v) is 15.8. The predicted molar refractivity (Wildman–Crippen MR) is 101 cm³/mol. The summed E-state index contributed by atoms with van der Waals surface area (Å²) in [5.41, 5.74) is 0.666. The molecule has 0 bridgehead atoms. The van der Waals surface area contributed by atoms with Crippen molar-refractivity contribution in [2.45, 2.75) is 6.92 Å². The molecule has 1 N–H and O–H groups in total. The maximum Gasteiger partial charge on any atom is 0.286 e. The highest BCUT2D eigenvalue weighted by molar-refractivity contribution is 6.31. The number of benzene rings is 2. The number of anilines is 1. The van der Waals surface area contributed by atoms with E-state index >= 15 is 0 Å². The Hall–Kier alpha value is -2.84. The van der Waals surface area contributed by atoms with Crippen LogP contribution in [0.4, 0.5) is 11.4 Å². The quantitative estimate of drug-likeness (QED) is 0.414. The van der Waals surface area contributed by atoms with Gasteiger partial charge in [0.15, 0.2) is 11.5 Å². The molecule has 0 heterocycles. The third-order valence-corrected chi connectivity index (χ3v) is 3.95. The predicted octanol–water partition coefficient (Wildman–Crippen LogP) is 3.84. The van der Waals surface area contributed by atoms with E-state index in [0.717, 1.165) is 11.6 Å². The van der Waals surface area contributed by atoms with E-state index in [0.29, 0.717) is 17.3 Å². The minimum atomic E-state index is -0.659. The lowest BCUT2D eigenvalue weighted by Gasteiger charge is -2.13. The lowest BCUT2D eigenvalue weighted by Crippen LogP contribution is -2.15. The van der Waals surface area contributed by atoms with Crippen LogP contribution in [0.5, 0.6) is 11.5 Å². The van der Waals surface area contributed by atoms with Gasteiger partial charge in [-0.1, -0.05) is 17.7 Å². The van der Waals surface area contributed by atoms with Crippen LogP contribution in [0.15, 0.2) is 30.3 Å². The SMILES string of the molecule is COCCOc1cc([N+](=O)[O-])c(C(=O)Nc2cc(Cl)ccc2C)cc1OC. The Kier molecular flexibility index (Phi) is 6.98. The smallest absolute Gasteiger partial charge is 0.286 e. The van der Waals surface area contributed by atoms with Gasteiger partial charge in [-0.3, -0.25) is 14.9 Å². The second kappa shape index (κ2) is 9.20. The number of rotatable bonds is 8. The summed E-state index contributed by atoms with van der Waals surface area (Å²) < 4.78 is 15.5. The van der Waals surface area contributed by atoms with Crippen molar-refractivity contribution in [1.29, 1.82) is 0 Å². The molecule has 2 aromatic rings. The standard InChI is InChI=1S/C18H19ClN2O6/c1-11-4-5-12(19)8-14(11)20-18(22)13-9-16(26-3)17(27-7-6-25-2)10-15(13)21(23)24/h4-5,8-10H,6-7H2,1-3H3,(H,20,22). The first-order chi connectivity index (χ1) is 12.9. The number of methoxy groups -OCH3 is 2. The number of ether oxygens (including phenoxy) is 3. The number of halogens is 1. The second-order valence-corrected chi connectivity index (χ2v) is 5.97. The van der Waals surface area contributed by atoms with Gasteiger partial charge >= 0.3 is 0 Å². The van der Waals surface area contributed by atoms with Gasteiger partial charge in [-0.25, -0.2) is 0 Å². The summed E-state index contributed by atoms with van der Waals surface area (Å²) in [6, 6.07) is 7.42. The molecular weight excluding hydrogens is 376 g/mol. The van der Waals surface area contributed by atoms with Crippen molar-refractivity contribution < 1.29 is 23.9 Å². The molecule has 0 unspecified atom stereocenters. The van der Waals surface area contributed by atoms with Crippen molar-refractivity contribution in [1.82, 2.24) is 0 Å². The van der Waals surface area contributed by atoms with Crippen LogP contribution >= 0.6 is 11.6 Å². The molecule has 2 rings (SSSR count). The lowest BCUT2D eigenvalue weighted by molar-refractivity contribution is -0.385. The zero-order chi connectivity index (χ0) is 20.0. The number of nitro benzene ring substituents is 1. The molecule has 0 aliphatic rings. The maximum atomic E-state index is 12.7. The first-order valence-corrected chi connectivity index (χ1v) is 8.30. The second-order valence-electron chi connectivity index (χ2n) is 5.53. The number of aryl methyl sites for hydroxylation is 1. The van der Waals surface area contributed by atoms with Crippen LogP contribution in [-0.2, 0) is 4.74 Å². The molecule has 0 saturated heterocycles. The van der Waals surface area contributed by atoms with Crippen LogP contribution in [0.2, 0.25) is 5.02 Å². The van der Waals surface area contributed by atoms with Crippen LogP contribution in [0.25, 0.3) is 0 Å². The number of nitrogens with one attached hydrogen (secondary N) is 1. The van der Waals surface area contributed by atoms with Crippen molar-refractivity contribution in [2.75, 3.05) is 32.8 Å². The Morgan fingerprint density at radius 3 is 2.56 bits per heavy atom. The van der Waals surface area contributed by atoms with Crippen molar-refractivity contribution in [3.05, 3.63) is 56.6 Å². The fourth-order valence-corrected chi connectivity index (χ4v) is 2.48. The van der Waals surface area contributed by atoms with Crippen molar-refractivity contribution in [3.8, 4) is 11.5 Å². The summed E-state index contributed by atoms with van der Waals surface area (Å²) in [4.78, 5) is 23.5. The van der Waals surface area contributed by atoms with E-state index < -0.39 is 16.5 Å². The van der Waals surface area contributed by atoms with Gasteiger partial charge in [-0.05, 0) is 24.6 Å². The molecule has 1 amide bonds. The number of amides is 1. The van der Waals surface area contributed by atoms with Gasteiger partial charge < -0.3 is 19.5 Å². The molecule has 0 aliphatic heterocycles. The normalized spacial score (nSPS) is 10.4. The molecule has 0 saturated carbocycles. The molecule has 9 heteroatoms. The molecule has 0 aromatic heterocycles. The van der Waals surface area contributed by atoms with Crippen LogP contribution in [0.3, 0.4) is 0 Å². The van der Waals surface area contributed by atoms with E-state index in [9.17, 15) is 14.9 Å². The van der Waals surface area contributed by atoms with E-state index in [4.69, 9.17) is 25.8 Å². The minimum Gasteiger partial charge on any atom is -0.493 e. The van der Waals surface area contributed by atoms with Gasteiger partial charge in [0.2, 0.25) is 0 Å². The topological polar surface area (TPSA) is 99.9 Å². The van der Waals surface area contributed by atoms with Gasteiger partial charge in [-0.15, -0.1) is 0 Å². The lowest BCUT2D eigenvalue weighted by atomic mass is 10.1. The number of nitro groups is 1. The number of hydrogen-bond donors (Lipinski definition) is 1. The van der Waals surface area contributed by atoms with Crippen LogP contribution in [0.1, 0.15) is 15.9 Å². The van der Waals surface area contributed by atoms with E-state index in [1.165, 1.54) is 20.3 Å². The number of nitrogens with zero attached hydrogens (tertiary/aromatic N) is 1. The van der Waals surface area contributed by atoms with E-state index in [1.54, 1.807) is 25.1 Å². The Labute approximate surface area is 161 Å². The molecule has 27 heavy (non-hydrogen) atoms. The highest BCUT2D eigenvalue weighted by Crippen LogP contribution is 2.35. The molecule has 0 aliphatic carbocycles. The Balaban J connectivity index is 2.40. The molecule has 8 nitrogen and oxygen atoms in total. The summed E-state index contributed by atoms with van der Waals surface area (Å²) >= 11 is 5.95.